The lowest BCUT2D eigenvalue weighted by molar-refractivity contribution is -0.0315. The minimum absolute atomic E-state index is 0.267. The highest BCUT2D eigenvalue weighted by Gasteiger charge is 2.45. The van der Waals surface area contributed by atoms with Crippen LogP contribution in [-0.2, 0) is 0 Å². The molecule has 0 aromatic rings. The van der Waals surface area contributed by atoms with Gasteiger partial charge in [0.05, 0.1) is 0 Å². The molecule has 0 amide bonds. The second-order valence-electron chi connectivity index (χ2n) is 7.49. The molecule has 0 radical (unpaired) electrons. The molecule has 0 saturated heterocycles. The van der Waals surface area contributed by atoms with Crippen molar-refractivity contribution in [2.24, 2.45) is 23.5 Å². The van der Waals surface area contributed by atoms with E-state index in [9.17, 15) is 0 Å². The molecule has 2 N–H and O–H groups in total. The van der Waals surface area contributed by atoms with Crippen molar-refractivity contribution in [3.63, 3.8) is 0 Å². The summed E-state index contributed by atoms with van der Waals surface area (Å²) in [5.41, 5.74) is 6.55. The topological polar surface area (TPSA) is 29.3 Å². The minimum Gasteiger partial charge on any atom is -0.329 e. The van der Waals surface area contributed by atoms with Crippen molar-refractivity contribution in [2.75, 3.05) is 13.6 Å². The van der Waals surface area contributed by atoms with E-state index >= 15 is 0 Å². The minimum atomic E-state index is 0.267. The van der Waals surface area contributed by atoms with E-state index in [1.54, 1.807) is 0 Å². The van der Waals surface area contributed by atoms with Crippen LogP contribution in [0, 0.1) is 17.8 Å². The zero-order valence-corrected chi connectivity index (χ0v) is 13.5. The van der Waals surface area contributed by atoms with Gasteiger partial charge in [0.1, 0.15) is 0 Å². The van der Waals surface area contributed by atoms with Crippen LogP contribution in [-0.4, -0.2) is 30.1 Å². The lowest BCUT2D eigenvalue weighted by atomic mass is 9.66. The molecule has 0 spiro atoms. The van der Waals surface area contributed by atoms with Crippen LogP contribution in [0.2, 0.25) is 0 Å². The molecule has 2 aliphatic rings. The SMILES string of the molecule is CC1CCC(N(C)C2(CN)CCCC(C)C2C)CC1. The quantitative estimate of drug-likeness (QED) is 0.845. The molecule has 0 aromatic heterocycles. The van der Waals surface area contributed by atoms with Gasteiger partial charge in [0.15, 0.2) is 0 Å². The summed E-state index contributed by atoms with van der Waals surface area (Å²) in [6.45, 7) is 8.10. The molecule has 3 unspecified atom stereocenters. The summed E-state index contributed by atoms with van der Waals surface area (Å²) in [4.78, 5) is 2.71. The number of hydrogen-bond acceptors (Lipinski definition) is 2. The van der Waals surface area contributed by atoms with E-state index in [0.29, 0.717) is 0 Å². The molecule has 2 rings (SSSR count). The molecular weight excluding hydrogens is 232 g/mol. The maximum atomic E-state index is 6.28. The van der Waals surface area contributed by atoms with Gasteiger partial charge >= 0.3 is 0 Å². The van der Waals surface area contributed by atoms with Gasteiger partial charge in [0.25, 0.3) is 0 Å². The maximum absolute atomic E-state index is 6.28. The highest BCUT2D eigenvalue weighted by molar-refractivity contribution is 5.01. The predicted molar refractivity (Wildman–Crippen MR) is 83.1 cm³/mol. The van der Waals surface area contributed by atoms with Crippen LogP contribution >= 0.6 is 0 Å². The average molecular weight is 266 g/mol. The van der Waals surface area contributed by atoms with E-state index in [2.05, 4.69) is 32.7 Å². The van der Waals surface area contributed by atoms with Crippen LogP contribution in [0.25, 0.3) is 0 Å². The van der Waals surface area contributed by atoms with Crippen LogP contribution in [0.1, 0.15) is 65.7 Å². The normalized spacial score (nSPS) is 44.5. The molecule has 2 aliphatic carbocycles. The standard InChI is InChI=1S/C17H34N2/c1-13-7-9-16(10-8-13)19(4)17(12-18)11-5-6-14(2)15(17)3/h13-16H,5-12,18H2,1-4H3. The number of nitrogens with zero attached hydrogens (tertiary/aromatic N) is 1. The van der Waals surface area contributed by atoms with Crippen LogP contribution < -0.4 is 5.73 Å². The van der Waals surface area contributed by atoms with E-state index in [-0.39, 0.29) is 5.54 Å². The first-order chi connectivity index (χ1) is 9.01. The van der Waals surface area contributed by atoms with E-state index in [1.165, 1.54) is 44.9 Å². The first-order valence-corrected chi connectivity index (χ1v) is 8.44. The third kappa shape index (κ3) is 2.85. The van der Waals surface area contributed by atoms with Crippen molar-refractivity contribution >= 4 is 0 Å². The first-order valence-electron chi connectivity index (χ1n) is 8.44. The largest absolute Gasteiger partial charge is 0.329 e. The molecule has 0 aromatic carbocycles. The summed E-state index contributed by atoms with van der Waals surface area (Å²) in [7, 11) is 2.36. The summed E-state index contributed by atoms with van der Waals surface area (Å²) >= 11 is 0. The Kier molecular flexibility index (Phi) is 4.94. The second-order valence-corrected chi connectivity index (χ2v) is 7.49. The molecular formula is C17H34N2. The Morgan fingerprint density at radius 1 is 1.05 bits per heavy atom. The van der Waals surface area contributed by atoms with E-state index in [1.807, 2.05) is 0 Å². The summed E-state index contributed by atoms with van der Waals surface area (Å²) < 4.78 is 0. The Balaban J connectivity index is 2.11. The van der Waals surface area contributed by atoms with Crippen molar-refractivity contribution in [3.8, 4) is 0 Å². The number of likely N-dealkylation sites (N-methyl/N-ethyl adjacent to an activating group) is 1. The smallest absolute Gasteiger partial charge is 0.0359 e. The van der Waals surface area contributed by atoms with Crippen molar-refractivity contribution in [2.45, 2.75) is 77.3 Å². The van der Waals surface area contributed by atoms with Gasteiger partial charge in [-0.25, -0.2) is 0 Å². The van der Waals surface area contributed by atoms with Crippen LogP contribution in [0.15, 0.2) is 0 Å². The number of hydrogen-bond donors (Lipinski definition) is 1. The highest BCUT2D eigenvalue weighted by Crippen LogP contribution is 2.43. The molecule has 3 atom stereocenters. The number of rotatable bonds is 3. The lowest BCUT2D eigenvalue weighted by Gasteiger charge is -2.54. The molecule has 19 heavy (non-hydrogen) atoms. The molecule has 2 fully saturated rings. The Labute approximate surface area is 120 Å². The van der Waals surface area contributed by atoms with Crippen LogP contribution in [0.5, 0.6) is 0 Å². The monoisotopic (exact) mass is 266 g/mol. The third-order valence-electron chi connectivity index (χ3n) is 6.56. The highest BCUT2D eigenvalue weighted by atomic mass is 15.2. The summed E-state index contributed by atoms with van der Waals surface area (Å²) in [5, 5.41) is 0. The van der Waals surface area contributed by atoms with E-state index in [4.69, 9.17) is 5.73 Å². The number of nitrogens with two attached hydrogens (primary N) is 1. The van der Waals surface area contributed by atoms with Crippen molar-refractivity contribution in [1.29, 1.82) is 0 Å². The average Bonchev–Trinajstić information content (AvgIpc) is 2.42. The fraction of sp³-hybridized carbons (Fsp3) is 1.00. The lowest BCUT2D eigenvalue weighted by Crippen LogP contribution is -2.62. The van der Waals surface area contributed by atoms with Gasteiger partial charge < -0.3 is 5.73 Å². The van der Waals surface area contributed by atoms with Crippen molar-refractivity contribution in [3.05, 3.63) is 0 Å². The fourth-order valence-corrected chi connectivity index (χ4v) is 4.66. The van der Waals surface area contributed by atoms with Gasteiger partial charge in [-0.2, -0.15) is 0 Å². The summed E-state index contributed by atoms with van der Waals surface area (Å²) in [5.74, 6) is 2.49. The van der Waals surface area contributed by atoms with Gasteiger partial charge in [-0.3, -0.25) is 4.90 Å². The van der Waals surface area contributed by atoms with Gasteiger partial charge in [-0.1, -0.05) is 33.6 Å². The fourth-order valence-electron chi connectivity index (χ4n) is 4.66. The third-order valence-corrected chi connectivity index (χ3v) is 6.56. The van der Waals surface area contributed by atoms with Gasteiger partial charge in [-0.15, -0.1) is 0 Å². The molecule has 0 heterocycles. The van der Waals surface area contributed by atoms with Crippen molar-refractivity contribution < 1.29 is 0 Å². The Morgan fingerprint density at radius 2 is 1.68 bits per heavy atom. The van der Waals surface area contributed by atoms with Crippen LogP contribution in [0.3, 0.4) is 0 Å². The van der Waals surface area contributed by atoms with E-state index in [0.717, 1.165) is 30.3 Å². The molecule has 2 nitrogen and oxygen atoms in total. The van der Waals surface area contributed by atoms with Crippen molar-refractivity contribution in [1.82, 2.24) is 4.90 Å². The Bertz CT molecular complexity index is 283. The second kappa shape index (κ2) is 6.13. The first kappa shape index (κ1) is 15.3. The van der Waals surface area contributed by atoms with Gasteiger partial charge in [0, 0.05) is 18.1 Å². The van der Waals surface area contributed by atoms with Crippen LogP contribution in [0.4, 0.5) is 0 Å². The van der Waals surface area contributed by atoms with E-state index < -0.39 is 0 Å². The molecule has 2 heteroatoms. The summed E-state index contributed by atoms with van der Waals surface area (Å²) in [6, 6.07) is 0.771. The Morgan fingerprint density at radius 3 is 2.26 bits per heavy atom. The molecule has 0 aliphatic heterocycles. The molecule has 2 saturated carbocycles. The summed E-state index contributed by atoms with van der Waals surface area (Å²) in [6.07, 6.45) is 9.60. The zero-order valence-electron chi connectivity index (χ0n) is 13.5. The molecule has 0 bridgehead atoms. The van der Waals surface area contributed by atoms with Gasteiger partial charge in [0.2, 0.25) is 0 Å². The van der Waals surface area contributed by atoms with Gasteiger partial charge in [-0.05, 0) is 56.9 Å². The predicted octanol–water partition coefficient (Wildman–Crippen LogP) is 3.65. The maximum Gasteiger partial charge on any atom is 0.0359 e. The zero-order chi connectivity index (χ0) is 14.0. The molecule has 112 valence electrons. The Hall–Kier alpha value is -0.0800.